The fraction of sp³-hybridized carbons (Fsp3) is 0.818. The Kier molecular flexibility index (Phi) is 6.21. The minimum absolute atomic E-state index is 0.563. The largest absolute Gasteiger partial charge is 0.249 e. The second kappa shape index (κ2) is 7.17. The molecule has 0 aliphatic heterocycles. The molecule has 1 atom stereocenters. The van der Waals surface area contributed by atoms with E-state index in [1.807, 2.05) is 16.4 Å². The summed E-state index contributed by atoms with van der Waals surface area (Å²) in [5.74, 6) is 4.97. The molecule has 1 heterocycles. The molecule has 0 fully saturated rings. The van der Waals surface area contributed by atoms with Crippen LogP contribution in [0.15, 0.2) is 6.33 Å². The zero-order chi connectivity index (χ0) is 12.0. The molecule has 0 saturated carbocycles. The molecule has 16 heavy (non-hydrogen) atoms. The Labute approximate surface area is 107 Å². The average molecular weight is 262 g/mol. The summed E-state index contributed by atoms with van der Waals surface area (Å²) < 4.78 is 2.00. The van der Waals surface area contributed by atoms with Crippen LogP contribution in [0.3, 0.4) is 0 Å². The summed E-state index contributed by atoms with van der Waals surface area (Å²) in [6.07, 6.45) is 1.64. The summed E-state index contributed by atoms with van der Waals surface area (Å²) in [5, 5.41) is 4.24. The first-order valence-electron chi connectivity index (χ1n) is 5.63. The van der Waals surface area contributed by atoms with Gasteiger partial charge in [0.2, 0.25) is 0 Å². The van der Waals surface area contributed by atoms with Crippen LogP contribution < -0.4 is 0 Å². The van der Waals surface area contributed by atoms with Gasteiger partial charge in [-0.1, -0.05) is 20.8 Å². The van der Waals surface area contributed by atoms with Crippen LogP contribution in [0, 0.1) is 11.8 Å². The molecule has 1 aromatic heterocycles. The molecule has 1 aromatic rings. The number of rotatable bonds is 7. The highest BCUT2D eigenvalue weighted by molar-refractivity contribution is 7.98. The van der Waals surface area contributed by atoms with Gasteiger partial charge in [0.1, 0.15) is 12.2 Å². The monoisotopic (exact) mass is 261 g/mol. The smallest absolute Gasteiger partial charge is 0.138 e. The summed E-state index contributed by atoms with van der Waals surface area (Å²) in [5.41, 5.74) is 0. The fourth-order valence-corrected chi connectivity index (χ4v) is 2.58. The summed E-state index contributed by atoms with van der Waals surface area (Å²) in [6, 6.07) is 0. The molecule has 5 heteroatoms. The number of nitrogens with zero attached hydrogens (tertiary/aromatic N) is 3. The van der Waals surface area contributed by atoms with Gasteiger partial charge < -0.3 is 0 Å². The van der Waals surface area contributed by atoms with E-state index in [0.29, 0.717) is 11.8 Å². The summed E-state index contributed by atoms with van der Waals surface area (Å²) in [6.45, 7) is 7.49. The Morgan fingerprint density at radius 1 is 1.44 bits per heavy atom. The SMILES string of the molecule is CC(C)Cn1ncnc1CSCC(C)CCl. The van der Waals surface area contributed by atoms with Gasteiger partial charge in [0.05, 0.1) is 5.75 Å². The predicted molar refractivity (Wildman–Crippen MR) is 70.9 cm³/mol. The van der Waals surface area contributed by atoms with Crippen LogP contribution in [0.2, 0.25) is 0 Å². The molecule has 0 aromatic carbocycles. The van der Waals surface area contributed by atoms with Crippen molar-refractivity contribution in [3.05, 3.63) is 12.2 Å². The topological polar surface area (TPSA) is 30.7 Å². The van der Waals surface area contributed by atoms with Crippen LogP contribution in [0.5, 0.6) is 0 Å². The average Bonchev–Trinajstić information content (AvgIpc) is 2.64. The van der Waals surface area contributed by atoms with Crippen molar-refractivity contribution < 1.29 is 0 Å². The summed E-state index contributed by atoms with van der Waals surface area (Å²) in [4.78, 5) is 4.29. The quantitative estimate of drug-likeness (QED) is 0.707. The van der Waals surface area contributed by atoms with Crippen LogP contribution in [0.4, 0.5) is 0 Å². The zero-order valence-corrected chi connectivity index (χ0v) is 11.8. The van der Waals surface area contributed by atoms with Crippen LogP contribution in [-0.4, -0.2) is 26.4 Å². The maximum absolute atomic E-state index is 5.77. The Balaban J connectivity index is 2.38. The van der Waals surface area contributed by atoms with E-state index in [2.05, 4.69) is 30.9 Å². The van der Waals surface area contributed by atoms with Gasteiger partial charge in [-0.15, -0.1) is 11.6 Å². The Bertz CT molecular complexity index is 301. The van der Waals surface area contributed by atoms with Gasteiger partial charge >= 0.3 is 0 Å². The third-order valence-corrected chi connectivity index (χ3v) is 3.92. The van der Waals surface area contributed by atoms with Gasteiger partial charge in [0.25, 0.3) is 0 Å². The van der Waals surface area contributed by atoms with Gasteiger partial charge in [-0.2, -0.15) is 16.9 Å². The first kappa shape index (κ1) is 13.8. The fourth-order valence-electron chi connectivity index (χ4n) is 1.29. The number of hydrogen-bond donors (Lipinski definition) is 0. The third kappa shape index (κ3) is 4.74. The second-order valence-corrected chi connectivity index (χ2v) is 5.87. The van der Waals surface area contributed by atoms with Crippen LogP contribution in [-0.2, 0) is 12.3 Å². The van der Waals surface area contributed by atoms with Crippen molar-refractivity contribution >= 4 is 23.4 Å². The van der Waals surface area contributed by atoms with Gasteiger partial charge in [-0.25, -0.2) is 9.67 Å². The first-order chi connectivity index (χ1) is 7.63. The van der Waals surface area contributed by atoms with Crippen molar-refractivity contribution in [2.24, 2.45) is 11.8 Å². The molecule has 0 bridgehead atoms. The van der Waals surface area contributed by atoms with Gasteiger partial charge in [0, 0.05) is 12.4 Å². The van der Waals surface area contributed by atoms with E-state index in [1.165, 1.54) is 0 Å². The number of thioether (sulfide) groups is 1. The number of hydrogen-bond acceptors (Lipinski definition) is 3. The molecule has 0 saturated heterocycles. The van der Waals surface area contributed by atoms with Crippen molar-refractivity contribution in [3.8, 4) is 0 Å². The summed E-state index contributed by atoms with van der Waals surface area (Å²) in [7, 11) is 0. The molecule has 0 aliphatic rings. The Morgan fingerprint density at radius 2 is 2.19 bits per heavy atom. The first-order valence-corrected chi connectivity index (χ1v) is 7.32. The number of alkyl halides is 1. The van der Waals surface area contributed by atoms with Crippen molar-refractivity contribution in [2.45, 2.75) is 33.1 Å². The normalized spacial score (nSPS) is 13.3. The molecule has 0 radical (unpaired) electrons. The van der Waals surface area contributed by atoms with E-state index in [4.69, 9.17) is 11.6 Å². The molecule has 3 nitrogen and oxygen atoms in total. The van der Waals surface area contributed by atoms with Crippen LogP contribution in [0.1, 0.15) is 26.6 Å². The highest BCUT2D eigenvalue weighted by Gasteiger charge is 2.07. The Hall–Kier alpha value is -0.220. The predicted octanol–water partition coefficient (Wildman–Crippen LogP) is 3.04. The second-order valence-electron chi connectivity index (χ2n) is 4.53. The van der Waals surface area contributed by atoms with Crippen molar-refractivity contribution in [3.63, 3.8) is 0 Å². The minimum Gasteiger partial charge on any atom is -0.249 e. The lowest BCUT2D eigenvalue weighted by Gasteiger charge is -2.09. The highest BCUT2D eigenvalue weighted by Crippen LogP contribution is 2.15. The number of aromatic nitrogens is 3. The number of halogens is 1. The van der Waals surface area contributed by atoms with Gasteiger partial charge in [0.15, 0.2) is 0 Å². The van der Waals surface area contributed by atoms with E-state index in [-0.39, 0.29) is 0 Å². The van der Waals surface area contributed by atoms with Gasteiger partial charge in [-0.3, -0.25) is 0 Å². The molecular formula is C11H20ClN3S. The van der Waals surface area contributed by atoms with E-state index in [9.17, 15) is 0 Å². The lowest BCUT2D eigenvalue weighted by molar-refractivity contribution is 0.471. The molecule has 92 valence electrons. The lowest BCUT2D eigenvalue weighted by atomic mass is 10.2. The molecular weight excluding hydrogens is 242 g/mol. The van der Waals surface area contributed by atoms with Crippen molar-refractivity contribution in [1.29, 1.82) is 0 Å². The van der Waals surface area contributed by atoms with E-state index < -0.39 is 0 Å². The van der Waals surface area contributed by atoms with Crippen molar-refractivity contribution in [2.75, 3.05) is 11.6 Å². The molecule has 0 aliphatic carbocycles. The minimum atomic E-state index is 0.563. The summed E-state index contributed by atoms with van der Waals surface area (Å²) >= 11 is 7.64. The maximum atomic E-state index is 5.77. The molecule has 1 unspecified atom stereocenters. The van der Waals surface area contributed by atoms with Gasteiger partial charge in [-0.05, 0) is 17.6 Å². The molecule has 0 amide bonds. The third-order valence-electron chi connectivity index (χ3n) is 2.13. The van der Waals surface area contributed by atoms with Crippen LogP contribution in [0.25, 0.3) is 0 Å². The maximum Gasteiger partial charge on any atom is 0.138 e. The highest BCUT2D eigenvalue weighted by atomic mass is 35.5. The van der Waals surface area contributed by atoms with Crippen molar-refractivity contribution in [1.82, 2.24) is 14.8 Å². The lowest BCUT2D eigenvalue weighted by Crippen LogP contribution is -2.10. The Morgan fingerprint density at radius 3 is 2.81 bits per heavy atom. The zero-order valence-electron chi connectivity index (χ0n) is 10.2. The molecule has 0 spiro atoms. The standard InChI is InChI=1S/C11H20ClN3S/c1-9(2)5-15-11(13-8-14-15)7-16-6-10(3)4-12/h8-10H,4-7H2,1-3H3. The molecule has 1 rings (SSSR count). The van der Waals surface area contributed by atoms with E-state index in [1.54, 1.807) is 6.33 Å². The van der Waals surface area contributed by atoms with E-state index >= 15 is 0 Å². The van der Waals surface area contributed by atoms with E-state index in [0.717, 1.165) is 29.8 Å². The van der Waals surface area contributed by atoms with Crippen LogP contribution >= 0.6 is 23.4 Å². The molecule has 0 N–H and O–H groups in total.